The summed E-state index contributed by atoms with van der Waals surface area (Å²) in [6.45, 7) is 6.28. The molecule has 2 heterocycles. The van der Waals surface area contributed by atoms with Gasteiger partial charge in [0.1, 0.15) is 28.8 Å². The number of rotatable bonds is 9. The van der Waals surface area contributed by atoms with Gasteiger partial charge >= 0.3 is 0 Å². The van der Waals surface area contributed by atoms with Crippen molar-refractivity contribution in [1.82, 2.24) is 9.88 Å². The number of nitrogens with zero attached hydrogens (tertiary/aromatic N) is 2. The summed E-state index contributed by atoms with van der Waals surface area (Å²) in [5, 5.41) is 11.2. The normalized spacial score (nSPS) is 13.9. The summed E-state index contributed by atoms with van der Waals surface area (Å²) >= 11 is 1.23. The van der Waals surface area contributed by atoms with Gasteiger partial charge in [0, 0.05) is 24.2 Å². The molecule has 10 heteroatoms. The van der Waals surface area contributed by atoms with Crippen molar-refractivity contribution >= 4 is 39.7 Å². The van der Waals surface area contributed by atoms with Gasteiger partial charge in [-0.1, -0.05) is 23.5 Å². The van der Waals surface area contributed by atoms with Crippen molar-refractivity contribution < 1.29 is 24.2 Å². The number of aliphatic carboxylic acids is 1. The van der Waals surface area contributed by atoms with Crippen LogP contribution >= 0.6 is 11.3 Å². The fourth-order valence-corrected chi connectivity index (χ4v) is 4.57. The minimum Gasteiger partial charge on any atom is -0.497 e. The van der Waals surface area contributed by atoms with E-state index in [1.54, 1.807) is 31.4 Å². The molecule has 1 aromatic heterocycles. The van der Waals surface area contributed by atoms with Gasteiger partial charge in [0.15, 0.2) is 5.13 Å². The van der Waals surface area contributed by atoms with Crippen molar-refractivity contribution in [3.8, 4) is 11.5 Å². The molecule has 0 radical (unpaired) electrons. The smallest absolute Gasteiger partial charge is 0.300 e. The fourth-order valence-electron chi connectivity index (χ4n) is 3.71. The van der Waals surface area contributed by atoms with Gasteiger partial charge in [-0.15, -0.1) is 0 Å². The molecule has 0 aliphatic carbocycles. The molecule has 192 valence electrons. The molecule has 1 unspecified atom stereocenters. The summed E-state index contributed by atoms with van der Waals surface area (Å²) in [5.74, 6) is 0.646. The maximum absolute atomic E-state index is 12.9. The predicted octanol–water partition coefficient (Wildman–Crippen LogP) is 4.66. The summed E-state index contributed by atoms with van der Waals surface area (Å²) in [4.78, 5) is 29.0. The van der Waals surface area contributed by atoms with Crippen molar-refractivity contribution in [2.75, 3.05) is 37.9 Å². The zero-order chi connectivity index (χ0) is 26.1. The highest BCUT2D eigenvalue weighted by atomic mass is 32.1. The van der Waals surface area contributed by atoms with Gasteiger partial charge in [0.05, 0.1) is 7.11 Å². The van der Waals surface area contributed by atoms with Gasteiger partial charge in [-0.2, -0.15) is 0 Å². The lowest BCUT2D eigenvalue weighted by molar-refractivity contribution is -0.134. The van der Waals surface area contributed by atoms with Gasteiger partial charge < -0.3 is 25.6 Å². The van der Waals surface area contributed by atoms with E-state index < -0.39 is 5.97 Å². The number of likely N-dealkylation sites (tertiary alicyclic amines) is 1. The van der Waals surface area contributed by atoms with Gasteiger partial charge in [-0.3, -0.25) is 14.5 Å². The van der Waals surface area contributed by atoms with Crippen LogP contribution < -0.4 is 20.5 Å². The Balaban J connectivity index is 0.000000840. The average molecular weight is 513 g/mol. The minimum absolute atomic E-state index is 0.178. The number of nitrogens with one attached hydrogen (secondary N) is 1. The topological polar surface area (TPSA) is 127 Å². The fraction of sp³-hybridized carbons (Fsp3) is 0.346. The molecular weight excluding hydrogens is 480 g/mol. The standard InChI is InChI=1S/C24H28N4O3S.C2H4O2/c1-16(28-12-3-4-13-28)15-31-19-10-8-18(9-11-19)26-24-27-23(25)22(32-24)21(29)17-6-5-7-20(14-17)30-2;1-2(3)4/h5-11,14,16H,3-4,12-13,15,25H2,1-2H3,(H,26,27);1H3,(H,3,4). The Labute approximate surface area is 214 Å². The molecule has 2 aromatic carbocycles. The van der Waals surface area contributed by atoms with Crippen molar-refractivity contribution in [2.45, 2.75) is 32.7 Å². The molecule has 1 atom stereocenters. The molecule has 1 saturated heterocycles. The van der Waals surface area contributed by atoms with Gasteiger partial charge in [-0.05, 0) is 69.3 Å². The molecule has 1 fully saturated rings. The number of carboxylic acid groups (broad SMARTS) is 1. The maximum atomic E-state index is 12.9. The first kappa shape index (κ1) is 27.0. The number of carboxylic acids is 1. The van der Waals surface area contributed by atoms with E-state index >= 15 is 0 Å². The number of hydrogen-bond acceptors (Lipinski definition) is 9. The quantitative estimate of drug-likeness (QED) is 0.351. The van der Waals surface area contributed by atoms with E-state index in [0.717, 1.165) is 31.5 Å². The second kappa shape index (κ2) is 12.9. The minimum atomic E-state index is -0.833. The third-order valence-electron chi connectivity index (χ3n) is 5.55. The van der Waals surface area contributed by atoms with E-state index in [2.05, 4.69) is 22.1 Å². The molecule has 36 heavy (non-hydrogen) atoms. The number of benzene rings is 2. The molecule has 1 aliphatic heterocycles. The van der Waals surface area contributed by atoms with E-state index in [-0.39, 0.29) is 11.6 Å². The highest BCUT2D eigenvalue weighted by molar-refractivity contribution is 7.18. The number of ether oxygens (including phenoxy) is 2. The maximum Gasteiger partial charge on any atom is 0.300 e. The Morgan fingerprint density at radius 2 is 1.83 bits per heavy atom. The van der Waals surface area contributed by atoms with Gasteiger partial charge in [0.2, 0.25) is 5.78 Å². The Hall–Kier alpha value is -3.63. The molecular formula is C26H32N4O5S. The van der Waals surface area contributed by atoms with E-state index in [1.165, 1.54) is 24.2 Å². The summed E-state index contributed by atoms with van der Waals surface area (Å²) in [6.07, 6.45) is 2.55. The summed E-state index contributed by atoms with van der Waals surface area (Å²) in [7, 11) is 1.57. The van der Waals surface area contributed by atoms with Crippen molar-refractivity contribution in [1.29, 1.82) is 0 Å². The van der Waals surface area contributed by atoms with Crippen LogP contribution in [0.5, 0.6) is 11.5 Å². The Morgan fingerprint density at radius 1 is 1.17 bits per heavy atom. The van der Waals surface area contributed by atoms with E-state index in [1.807, 2.05) is 24.3 Å². The average Bonchev–Trinajstić information content (AvgIpc) is 3.53. The Kier molecular flexibility index (Phi) is 9.66. The third kappa shape index (κ3) is 7.69. The van der Waals surface area contributed by atoms with Crippen LogP contribution in [0.25, 0.3) is 0 Å². The van der Waals surface area contributed by atoms with Gasteiger partial charge in [0.25, 0.3) is 5.97 Å². The summed E-state index contributed by atoms with van der Waals surface area (Å²) in [5.41, 5.74) is 7.39. The molecule has 3 aromatic rings. The number of nitrogen functional groups attached to an aromatic ring is 1. The van der Waals surface area contributed by atoms with Crippen LogP contribution in [-0.2, 0) is 4.79 Å². The number of carbonyl (C=O) groups is 2. The van der Waals surface area contributed by atoms with Crippen LogP contribution in [0.3, 0.4) is 0 Å². The Bertz CT molecular complexity index is 1160. The molecule has 0 spiro atoms. The molecule has 0 bridgehead atoms. The zero-order valence-corrected chi connectivity index (χ0v) is 21.5. The number of nitrogens with two attached hydrogens (primary N) is 1. The summed E-state index contributed by atoms with van der Waals surface area (Å²) in [6, 6.07) is 15.1. The van der Waals surface area contributed by atoms with Gasteiger partial charge in [-0.25, -0.2) is 4.98 Å². The molecule has 9 nitrogen and oxygen atoms in total. The SMILES string of the molecule is CC(=O)O.COc1cccc(C(=O)c2sc(Nc3ccc(OCC(C)N4CCCC4)cc3)nc2N)c1. The van der Waals surface area contributed by atoms with Crippen molar-refractivity contribution in [3.63, 3.8) is 0 Å². The lowest BCUT2D eigenvalue weighted by Crippen LogP contribution is -2.34. The molecule has 4 N–H and O–H groups in total. The largest absolute Gasteiger partial charge is 0.497 e. The predicted molar refractivity (Wildman–Crippen MR) is 142 cm³/mol. The monoisotopic (exact) mass is 512 g/mol. The first-order valence-electron chi connectivity index (χ1n) is 11.7. The number of thiazole rings is 1. The highest BCUT2D eigenvalue weighted by Gasteiger charge is 2.19. The van der Waals surface area contributed by atoms with Crippen LogP contribution in [0, 0.1) is 0 Å². The number of aromatic nitrogens is 1. The van der Waals surface area contributed by atoms with Crippen LogP contribution in [-0.4, -0.2) is 59.6 Å². The highest BCUT2D eigenvalue weighted by Crippen LogP contribution is 2.31. The number of anilines is 3. The van der Waals surface area contributed by atoms with Crippen molar-refractivity contribution in [3.05, 3.63) is 59.0 Å². The number of hydrogen-bond donors (Lipinski definition) is 3. The van der Waals surface area contributed by atoms with Crippen LogP contribution in [0.4, 0.5) is 16.6 Å². The summed E-state index contributed by atoms with van der Waals surface area (Å²) < 4.78 is 11.2. The molecule has 1 aliphatic rings. The van der Waals surface area contributed by atoms with E-state index in [0.29, 0.717) is 34.0 Å². The van der Waals surface area contributed by atoms with Crippen LogP contribution in [0.1, 0.15) is 41.9 Å². The van der Waals surface area contributed by atoms with Crippen LogP contribution in [0.15, 0.2) is 48.5 Å². The molecule has 0 saturated carbocycles. The van der Waals surface area contributed by atoms with Crippen molar-refractivity contribution in [2.24, 2.45) is 0 Å². The number of carbonyl (C=O) groups excluding carboxylic acids is 1. The third-order valence-corrected chi connectivity index (χ3v) is 6.54. The second-order valence-corrected chi connectivity index (χ2v) is 9.37. The molecule has 0 amide bonds. The lowest BCUT2D eigenvalue weighted by atomic mass is 10.1. The lowest BCUT2D eigenvalue weighted by Gasteiger charge is -2.23. The number of ketones is 1. The van der Waals surface area contributed by atoms with Crippen LogP contribution in [0.2, 0.25) is 0 Å². The zero-order valence-electron chi connectivity index (χ0n) is 20.7. The van der Waals surface area contributed by atoms with E-state index in [9.17, 15) is 4.79 Å². The van der Waals surface area contributed by atoms with E-state index in [4.69, 9.17) is 25.1 Å². The Morgan fingerprint density at radius 3 is 2.47 bits per heavy atom. The number of methoxy groups -OCH3 is 1. The first-order valence-corrected chi connectivity index (χ1v) is 12.5. The second-order valence-electron chi connectivity index (χ2n) is 8.37. The first-order chi connectivity index (χ1) is 17.3. The molecule has 4 rings (SSSR count).